The first-order chi connectivity index (χ1) is 36.7. The van der Waals surface area contributed by atoms with E-state index in [4.69, 9.17) is 9.94 Å². The van der Waals surface area contributed by atoms with Gasteiger partial charge in [-0.2, -0.15) is 0 Å². The SMILES string of the molecule is CC(C)[C@H](NC(=O)CCCC(=O)ON1C(=O)CCC1=O)C(=O)N[C@@H](C)C(=O)N[C@@H](CCN(C(=O)CO)[C@@H](c1cc(-c2cc(F)ccc2F)cn1Cc1ccccc1)C(C)(C)C)C(=O)NCCC(=O)N[C@H](CCC(=O)O)C(=O)O. The highest BCUT2D eigenvalue weighted by atomic mass is 19.1. The first-order valence-electron chi connectivity index (χ1n) is 25.3. The number of hydrogen-bond acceptors (Lipinski definition) is 13. The van der Waals surface area contributed by atoms with E-state index in [1.807, 2.05) is 30.3 Å². The molecule has 8 N–H and O–H groups in total. The van der Waals surface area contributed by atoms with E-state index >= 15 is 4.39 Å². The normalized spacial score (nSPS) is 14.4. The van der Waals surface area contributed by atoms with E-state index in [0.717, 1.165) is 23.8 Å². The maximum atomic E-state index is 15.4. The van der Waals surface area contributed by atoms with Crippen molar-refractivity contribution in [1.29, 1.82) is 0 Å². The molecule has 8 amide bonds. The van der Waals surface area contributed by atoms with Gasteiger partial charge in [0.15, 0.2) is 0 Å². The van der Waals surface area contributed by atoms with Gasteiger partial charge in [0.1, 0.15) is 42.4 Å². The number of carbonyl (C=O) groups excluding carboxylic acids is 9. The second-order valence-electron chi connectivity index (χ2n) is 20.1. The molecule has 424 valence electrons. The number of aromatic nitrogens is 1. The van der Waals surface area contributed by atoms with Gasteiger partial charge in [-0.05, 0) is 67.3 Å². The molecule has 1 aliphatic heterocycles. The fraction of sp³-hybridized carbons (Fsp3) is 0.491. The molecule has 0 aliphatic carbocycles. The molecule has 4 rings (SSSR count). The molecule has 0 unspecified atom stereocenters. The minimum absolute atomic E-state index is 0.0706. The van der Waals surface area contributed by atoms with Gasteiger partial charge in [-0.15, -0.1) is 5.06 Å². The fourth-order valence-electron chi connectivity index (χ4n) is 8.50. The molecule has 2 aromatic carbocycles. The first-order valence-corrected chi connectivity index (χ1v) is 25.3. The van der Waals surface area contributed by atoms with Gasteiger partial charge in [0.25, 0.3) is 11.8 Å². The van der Waals surface area contributed by atoms with Crippen LogP contribution >= 0.6 is 0 Å². The molecule has 0 spiro atoms. The summed E-state index contributed by atoms with van der Waals surface area (Å²) in [5.41, 5.74) is 0.517. The van der Waals surface area contributed by atoms with Gasteiger partial charge in [0.2, 0.25) is 35.4 Å². The van der Waals surface area contributed by atoms with Crippen LogP contribution in [0.4, 0.5) is 8.78 Å². The van der Waals surface area contributed by atoms with Crippen molar-refractivity contribution >= 4 is 65.2 Å². The Morgan fingerprint density at radius 1 is 0.756 bits per heavy atom. The lowest BCUT2D eigenvalue weighted by atomic mass is 9.82. The number of carbonyl (C=O) groups is 11. The van der Waals surface area contributed by atoms with Gasteiger partial charge in [-0.1, -0.05) is 65.0 Å². The number of rotatable bonds is 29. The number of hydroxylamine groups is 2. The van der Waals surface area contributed by atoms with Crippen LogP contribution < -0.4 is 26.6 Å². The highest BCUT2D eigenvalue weighted by Crippen LogP contribution is 2.41. The summed E-state index contributed by atoms with van der Waals surface area (Å²) in [6, 6.07) is 6.99. The van der Waals surface area contributed by atoms with Gasteiger partial charge in [-0.25, -0.2) is 18.4 Å². The topological polar surface area (TPSA) is 329 Å². The largest absolute Gasteiger partial charge is 0.481 e. The van der Waals surface area contributed by atoms with Crippen LogP contribution in [0.3, 0.4) is 0 Å². The maximum absolute atomic E-state index is 15.4. The third-order valence-electron chi connectivity index (χ3n) is 12.5. The van der Waals surface area contributed by atoms with Crippen molar-refractivity contribution in [3.05, 3.63) is 83.7 Å². The number of aliphatic hydroxyl groups is 1. The molecule has 0 saturated carbocycles. The Balaban J connectivity index is 1.60. The number of aliphatic hydroxyl groups excluding tert-OH is 1. The number of hydrogen-bond donors (Lipinski definition) is 8. The van der Waals surface area contributed by atoms with Crippen molar-refractivity contribution in [2.24, 2.45) is 11.3 Å². The molecule has 3 aromatic rings. The summed E-state index contributed by atoms with van der Waals surface area (Å²) >= 11 is 0. The zero-order chi connectivity index (χ0) is 58.0. The summed E-state index contributed by atoms with van der Waals surface area (Å²) in [5.74, 6) is -12.0. The molecule has 25 heteroatoms. The second-order valence-corrected chi connectivity index (χ2v) is 20.1. The van der Waals surface area contributed by atoms with Crippen LogP contribution in [-0.4, -0.2) is 139 Å². The Bertz CT molecular complexity index is 2680. The fourth-order valence-corrected chi connectivity index (χ4v) is 8.50. The third kappa shape index (κ3) is 18.6. The Labute approximate surface area is 448 Å². The monoisotopic (exact) mass is 1090 g/mol. The van der Waals surface area contributed by atoms with Gasteiger partial charge in [-0.3, -0.25) is 43.2 Å². The summed E-state index contributed by atoms with van der Waals surface area (Å²) < 4.78 is 31.7. The molecular weight excluding hydrogens is 1030 g/mol. The quantitative estimate of drug-likeness (QED) is 0.0464. The third-order valence-corrected chi connectivity index (χ3v) is 12.5. The van der Waals surface area contributed by atoms with E-state index in [0.29, 0.717) is 10.8 Å². The molecule has 2 heterocycles. The summed E-state index contributed by atoms with van der Waals surface area (Å²) in [6.07, 6.45) is -1.17. The van der Waals surface area contributed by atoms with E-state index < -0.39 is 151 Å². The lowest BCUT2D eigenvalue weighted by molar-refractivity contribution is -0.197. The van der Waals surface area contributed by atoms with Crippen LogP contribution in [0.5, 0.6) is 0 Å². The lowest BCUT2D eigenvalue weighted by Crippen LogP contribution is -2.57. The van der Waals surface area contributed by atoms with E-state index in [1.165, 1.54) is 11.8 Å². The van der Waals surface area contributed by atoms with Gasteiger partial charge < -0.3 is 56.2 Å². The van der Waals surface area contributed by atoms with E-state index in [2.05, 4.69) is 26.6 Å². The smallest absolute Gasteiger partial charge is 0.333 e. The van der Waals surface area contributed by atoms with Crippen LogP contribution in [0, 0.1) is 23.0 Å². The highest BCUT2D eigenvalue weighted by Gasteiger charge is 2.39. The van der Waals surface area contributed by atoms with Crippen LogP contribution in [0.1, 0.15) is 117 Å². The molecule has 0 bridgehead atoms. The summed E-state index contributed by atoms with van der Waals surface area (Å²) in [7, 11) is 0. The molecule has 1 aliphatic rings. The molecule has 78 heavy (non-hydrogen) atoms. The predicted octanol–water partition coefficient (Wildman–Crippen LogP) is 2.63. The minimum Gasteiger partial charge on any atom is -0.481 e. The van der Waals surface area contributed by atoms with Gasteiger partial charge in [0.05, 0.1) is 6.04 Å². The number of halogens is 2. The average molecular weight is 1100 g/mol. The summed E-state index contributed by atoms with van der Waals surface area (Å²) in [5, 5.41) is 41.7. The molecule has 1 aromatic heterocycles. The number of aliphatic carboxylic acids is 2. The predicted molar refractivity (Wildman–Crippen MR) is 272 cm³/mol. The molecule has 1 saturated heterocycles. The maximum Gasteiger partial charge on any atom is 0.333 e. The molecule has 23 nitrogen and oxygen atoms in total. The van der Waals surface area contributed by atoms with Crippen molar-refractivity contribution in [1.82, 2.24) is 41.1 Å². The van der Waals surface area contributed by atoms with Crippen molar-refractivity contribution in [3.63, 3.8) is 0 Å². The molecule has 1 fully saturated rings. The Hall–Kier alpha value is -8.09. The van der Waals surface area contributed by atoms with Crippen molar-refractivity contribution in [2.45, 2.75) is 136 Å². The Morgan fingerprint density at radius 3 is 2.01 bits per heavy atom. The van der Waals surface area contributed by atoms with E-state index in [9.17, 15) is 67.3 Å². The zero-order valence-electron chi connectivity index (χ0n) is 44.3. The molecular formula is C53H68F2N8O15. The minimum atomic E-state index is -1.56. The number of carboxylic acid groups (broad SMARTS) is 2. The van der Waals surface area contributed by atoms with Crippen LogP contribution in [0.25, 0.3) is 11.1 Å². The van der Waals surface area contributed by atoms with Crippen molar-refractivity contribution < 1.29 is 81.7 Å². The summed E-state index contributed by atoms with van der Waals surface area (Å²) in [4.78, 5) is 146. The Morgan fingerprint density at radius 2 is 1.41 bits per heavy atom. The first kappa shape index (κ1) is 62.4. The number of benzene rings is 2. The number of amides is 8. The van der Waals surface area contributed by atoms with Gasteiger partial charge in [0, 0.05) is 81.2 Å². The van der Waals surface area contributed by atoms with Crippen LogP contribution in [-0.2, 0) is 64.1 Å². The number of carboxylic acids is 2. The number of nitrogens with zero attached hydrogens (tertiary/aromatic N) is 3. The standard InChI is InChI=1S/C53H68F2N8O15/c1-30(2)47(60-40(65)13-10-14-46(72)78-63-42(67)18-19-43(63)68)51(75)57-31(3)49(73)59-37(50(74)56-23-21-41(66)58-38(52(76)77)17-20-45(70)71)22-24-62(44(69)29-64)48(53(4,5)6)39-25-33(35-26-34(54)15-16-36(35)55)28-61(39)27-32-11-8-7-9-12-32/h7-9,11-12,15-16,25-26,28,30-31,37-38,47-48,64H,10,13-14,17-24,27,29H2,1-6H3,(H,56,74)(H,57,75)(H,58,66)(H,59,73)(H,60,65)(H,70,71)(H,76,77)/t31-,37-,38+,47-,48-/m0/s1. The van der Waals surface area contributed by atoms with Crippen molar-refractivity contribution in [2.75, 3.05) is 19.7 Å². The average Bonchev–Trinajstić information content (AvgIpc) is 3.99. The zero-order valence-corrected chi connectivity index (χ0v) is 44.3. The lowest BCUT2D eigenvalue weighted by Gasteiger charge is -2.41. The number of imide groups is 1. The second kappa shape index (κ2) is 28.9. The molecule has 5 atom stereocenters. The van der Waals surface area contributed by atoms with E-state index in [1.54, 1.807) is 51.4 Å². The highest BCUT2D eigenvalue weighted by molar-refractivity contribution is 6.01. The van der Waals surface area contributed by atoms with Crippen molar-refractivity contribution in [3.8, 4) is 11.1 Å². The van der Waals surface area contributed by atoms with E-state index in [-0.39, 0.29) is 62.7 Å². The van der Waals surface area contributed by atoms with Crippen LogP contribution in [0.2, 0.25) is 0 Å². The Kier molecular flexibility index (Phi) is 23.1. The van der Waals surface area contributed by atoms with Crippen LogP contribution in [0.15, 0.2) is 60.8 Å². The number of nitrogens with one attached hydrogen (secondary N) is 5. The summed E-state index contributed by atoms with van der Waals surface area (Å²) in [6.45, 7) is 8.26. The van der Waals surface area contributed by atoms with Gasteiger partial charge >= 0.3 is 17.9 Å². The molecule has 0 radical (unpaired) electrons.